The summed E-state index contributed by atoms with van der Waals surface area (Å²) in [5.41, 5.74) is 1.82. The standard InChI is InChI=1S/C18H23FN2/c1-12-17(19)8-13(11-20)9-18(12)21-16-7-6-14-4-2-3-5-15(14)10-16/h8-9,14-16,21H,2-7,10H2,1H3. The first-order valence-corrected chi connectivity index (χ1v) is 8.14. The van der Waals surface area contributed by atoms with Gasteiger partial charge in [-0.25, -0.2) is 4.39 Å². The summed E-state index contributed by atoms with van der Waals surface area (Å²) in [5, 5.41) is 12.5. The molecule has 2 aliphatic rings. The van der Waals surface area contributed by atoms with Crippen molar-refractivity contribution in [1.29, 1.82) is 5.26 Å². The zero-order valence-electron chi connectivity index (χ0n) is 12.7. The van der Waals surface area contributed by atoms with Crippen molar-refractivity contribution in [2.45, 2.75) is 57.9 Å². The lowest BCUT2D eigenvalue weighted by Crippen LogP contribution is -2.34. The van der Waals surface area contributed by atoms with Crippen LogP contribution in [-0.4, -0.2) is 6.04 Å². The molecule has 3 rings (SSSR count). The molecule has 3 heteroatoms. The van der Waals surface area contributed by atoms with E-state index in [-0.39, 0.29) is 5.82 Å². The topological polar surface area (TPSA) is 35.8 Å². The van der Waals surface area contributed by atoms with Crippen LogP contribution in [0.1, 0.15) is 56.1 Å². The van der Waals surface area contributed by atoms with Gasteiger partial charge in [0, 0.05) is 17.3 Å². The van der Waals surface area contributed by atoms with Crippen LogP contribution in [-0.2, 0) is 0 Å². The second-order valence-electron chi connectivity index (χ2n) is 6.70. The molecule has 0 aromatic heterocycles. The van der Waals surface area contributed by atoms with Crippen LogP contribution in [0.2, 0.25) is 0 Å². The van der Waals surface area contributed by atoms with E-state index >= 15 is 0 Å². The smallest absolute Gasteiger partial charge is 0.129 e. The summed E-state index contributed by atoms with van der Waals surface area (Å²) < 4.78 is 13.9. The van der Waals surface area contributed by atoms with Crippen LogP contribution in [0.25, 0.3) is 0 Å². The molecular weight excluding hydrogens is 263 g/mol. The number of halogens is 1. The number of anilines is 1. The molecule has 1 aromatic carbocycles. The number of benzene rings is 1. The van der Waals surface area contributed by atoms with E-state index in [2.05, 4.69) is 5.32 Å². The highest BCUT2D eigenvalue weighted by molar-refractivity contribution is 5.56. The Morgan fingerprint density at radius 2 is 1.90 bits per heavy atom. The monoisotopic (exact) mass is 286 g/mol. The third-order valence-corrected chi connectivity index (χ3v) is 5.37. The average molecular weight is 286 g/mol. The molecule has 3 atom stereocenters. The largest absolute Gasteiger partial charge is 0.382 e. The molecule has 0 amide bonds. The summed E-state index contributed by atoms with van der Waals surface area (Å²) in [7, 11) is 0. The van der Waals surface area contributed by atoms with Gasteiger partial charge in [-0.1, -0.05) is 25.7 Å². The summed E-state index contributed by atoms with van der Waals surface area (Å²) >= 11 is 0. The number of nitrogens with one attached hydrogen (secondary N) is 1. The van der Waals surface area contributed by atoms with Gasteiger partial charge >= 0.3 is 0 Å². The lowest BCUT2D eigenvalue weighted by Gasteiger charge is -2.40. The highest BCUT2D eigenvalue weighted by Gasteiger charge is 2.32. The Labute approximate surface area is 126 Å². The summed E-state index contributed by atoms with van der Waals surface area (Å²) in [4.78, 5) is 0. The Kier molecular flexibility index (Phi) is 4.14. The fourth-order valence-electron chi connectivity index (χ4n) is 4.12. The lowest BCUT2D eigenvalue weighted by molar-refractivity contribution is 0.162. The highest BCUT2D eigenvalue weighted by atomic mass is 19.1. The molecule has 2 aliphatic carbocycles. The van der Waals surface area contributed by atoms with Gasteiger partial charge in [-0.2, -0.15) is 5.26 Å². The second-order valence-corrected chi connectivity index (χ2v) is 6.70. The molecule has 1 N–H and O–H groups in total. The van der Waals surface area contributed by atoms with Crippen molar-refractivity contribution in [2.75, 3.05) is 5.32 Å². The minimum absolute atomic E-state index is 0.289. The number of nitriles is 1. The third kappa shape index (κ3) is 3.05. The van der Waals surface area contributed by atoms with E-state index < -0.39 is 0 Å². The van der Waals surface area contributed by atoms with Crippen LogP contribution in [0.5, 0.6) is 0 Å². The van der Waals surface area contributed by atoms with Crippen molar-refractivity contribution in [3.8, 4) is 6.07 Å². The molecule has 21 heavy (non-hydrogen) atoms. The molecule has 2 saturated carbocycles. The molecular formula is C18H23FN2. The molecule has 0 aliphatic heterocycles. The zero-order valence-corrected chi connectivity index (χ0v) is 12.7. The minimum atomic E-state index is -0.289. The molecule has 0 bridgehead atoms. The van der Waals surface area contributed by atoms with Gasteiger partial charge in [0.2, 0.25) is 0 Å². The van der Waals surface area contributed by atoms with Crippen LogP contribution in [0, 0.1) is 35.9 Å². The van der Waals surface area contributed by atoms with Gasteiger partial charge in [0.25, 0.3) is 0 Å². The van der Waals surface area contributed by atoms with Gasteiger partial charge < -0.3 is 5.32 Å². The maximum absolute atomic E-state index is 13.9. The van der Waals surface area contributed by atoms with Crippen molar-refractivity contribution in [1.82, 2.24) is 0 Å². The first kappa shape index (κ1) is 14.4. The van der Waals surface area contributed by atoms with Crippen molar-refractivity contribution in [2.24, 2.45) is 11.8 Å². The Morgan fingerprint density at radius 1 is 1.14 bits per heavy atom. The van der Waals surface area contributed by atoms with Crippen LogP contribution in [0.3, 0.4) is 0 Å². The normalized spacial score (nSPS) is 28.5. The van der Waals surface area contributed by atoms with Crippen LogP contribution < -0.4 is 5.32 Å². The number of hydrogen-bond donors (Lipinski definition) is 1. The molecule has 0 radical (unpaired) electrons. The van der Waals surface area contributed by atoms with Gasteiger partial charge in [0.15, 0.2) is 0 Å². The Balaban J connectivity index is 1.72. The van der Waals surface area contributed by atoms with E-state index in [1.54, 1.807) is 13.0 Å². The van der Waals surface area contributed by atoms with Crippen molar-refractivity contribution in [3.05, 3.63) is 29.1 Å². The number of rotatable bonds is 2. The van der Waals surface area contributed by atoms with Gasteiger partial charge in [-0.15, -0.1) is 0 Å². The van der Waals surface area contributed by atoms with E-state index in [0.717, 1.165) is 17.5 Å². The first-order valence-electron chi connectivity index (χ1n) is 8.14. The minimum Gasteiger partial charge on any atom is -0.382 e. The second kappa shape index (κ2) is 6.05. The van der Waals surface area contributed by atoms with Crippen molar-refractivity contribution in [3.63, 3.8) is 0 Å². The van der Waals surface area contributed by atoms with Gasteiger partial charge in [0.05, 0.1) is 11.6 Å². The van der Waals surface area contributed by atoms with Crippen molar-refractivity contribution >= 4 is 5.69 Å². The highest BCUT2D eigenvalue weighted by Crippen LogP contribution is 2.41. The summed E-state index contributed by atoms with van der Waals surface area (Å²) in [6, 6.07) is 5.57. The van der Waals surface area contributed by atoms with Gasteiger partial charge in [-0.3, -0.25) is 0 Å². The number of nitrogens with zero attached hydrogens (tertiary/aromatic N) is 1. The maximum atomic E-state index is 13.9. The molecule has 0 heterocycles. The van der Waals surface area contributed by atoms with E-state index in [0.29, 0.717) is 17.2 Å². The number of fused-ring (bicyclic) bond motifs is 1. The molecule has 1 aromatic rings. The van der Waals surface area contributed by atoms with Crippen molar-refractivity contribution < 1.29 is 4.39 Å². The fraction of sp³-hybridized carbons (Fsp3) is 0.611. The molecule has 2 fully saturated rings. The molecule has 112 valence electrons. The summed E-state index contributed by atoms with van der Waals surface area (Å²) in [5.74, 6) is 1.47. The van der Waals surface area contributed by atoms with E-state index in [1.165, 1.54) is 51.0 Å². The Hall–Kier alpha value is -1.56. The lowest BCUT2D eigenvalue weighted by atomic mass is 9.69. The fourth-order valence-corrected chi connectivity index (χ4v) is 4.12. The molecule has 0 saturated heterocycles. The van der Waals surface area contributed by atoms with Gasteiger partial charge in [0.1, 0.15) is 5.82 Å². The summed E-state index contributed by atoms with van der Waals surface area (Å²) in [6.45, 7) is 1.78. The molecule has 2 nitrogen and oxygen atoms in total. The van der Waals surface area contributed by atoms with Crippen LogP contribution in [0.4, 0.5) is 10.1 Å². The van der Waals surface area contributed by atoms with Crippen LogP contribution in [0.15, 0.2) is 12.1 Å². The average Bonchev–Trinajstić information content (AvgIpc) is 2.51. The molecule has 3 unspecified atom stereocenters. The third-order valence-electron chi connectivity index (χ3n) is 5.37. The van der Waals surface area contributed by atoms with Crippen LogP contribution >= 0.6 is 0 Å². The number of hydrogen-bond acceptors (Lipinski definition) is 2. The van der Waals surface area contributed by atoms with E-state index in [1.807, 2.05) is 6.07 Å². The SMILES string of the molecule is Cc1c(F)cc(C#N)cc1NC1CCC2CCCCC2C1. The van der Waals surface area contributed by atoms with Gasteiger partial charge in [-0.05, 0) is 50.2 Å². The zero-order chi connectivity index (χ0) is 14.8. The maximum Gasteiger partial charge on any atom is 0.129 e. The van der Waals surface area contributed by atoms with E-state index in [9.17, 15) is 4.39 Å². The predicted octanol–water partition coefficient (Wildman–Crippen LogP) is 4.78. The Morgan fingerprint density at radius 3 is 2.67 bits per heavy atom. The Bertz CT molecular complexity index is 561. The first-order chi connectivity index (χ1) is 10.2. The quantitative estimate of drug-likeness (QED) is 0.849. The predicted molar refractivity (Wildman–Crippen MR) is 82.6 cm³/mol. The summed E-state index contributed by atoms with van der Waals surface area (Å²) in [6.07, 6.45) is 9.17. The molecule has 0 spiro atoms. The van der Waals surface area contributed by atoms with E-state index in [4.69, 9.17) is 5.26 Å².